The number of aryl methyl sites for hydroxylation is 1. The van der Waals surface area contributed by atoms with E-state index in [1.165, 1.54) is 28.9 Å². The highest BCUT2D eigenvalue weighted by Gasteiger charge is 2.12. The minimum Gasteiger partial charge on any atom is -0.310 e. The molecule has 0 heterocycles. The first-order chi connectivity index (χ1) is 7.70. The molecule has 0 aliphatic heterocycles. The summed E-state index contributed by atoms with van der Waals surface area (Å²) in [7, 11) is 0. The van der Waals surface area contributed by atoms with Crippen LogP contribution in [0.2, 0.25) is 0 Å². The van der Waals surface area contributed by atoms with Gasteiger partial charge in [0.15, 0.2) is 0 Å². The van der Waals surface area contributed by atoms with E-state index in [4.69, 9.17) is 0 Å². The van der Waals surface area contributed by atoms with Crippen LogP contribution in [0, 0.1) is 13.8 Å². The third-order valence-corrected chi connectivity index (χ3v) is 3.73. The second-order valence-electron chi connectivity index (χ2n) is 4.18. The molecule has 0 spiro atoms. The average molecular weight is 237 g/mol. The smallest absolute Gasteiger partial charge is 0.0330 e. The van der Waals surface area contributed by atoms with Crippen LogP contribution in [0.15, 0.2) is 18.2 Å². The maximum Gasteiger partial charge on any atom is 0.0330 e. The van der Waals surface area contributed by atoms with Gasteiger partial charge >= 0.3 is 0 Å². The Bertz CT molecular complexity index is 323. The Hall–Kier alpha value is -0.470. The summed E-state index contributed by atoms with van der Waals surface area (Å²) in [6.45, 7) is 7.63. The minimum atomic E-state index is 0.511. The minimum absolute atomic E-state index is 0.511. The second-order valence-corrected chi connectivity index (χ2v) is 5.17. The Morgan fingerprint density at radius 1 is 1.31 bits per heavy atom. The van der Waals surface area contributed by atoms with E-state index in [0.717, 1.165) is 6.54 Å². The topological polar surface area (TPSA) is 12.0 Å². The molecule has 1 nitrogen and oxygen atoms in total. The molecule has 0 aromatic heterocycles. The van der Waals surface area contributed by atoms with Crippen molar-refractivity contribution in [3.05, 3.63) is 34.9 Å². The van der Waals surface area contributed by atoms with Crippen LogP contribution in [-0.4, -0.2) is 18.6 Å². The maximum atomic E-state index is 3.59. The molecule has 1 rings (SSSR count). The number of benzene rings is 1. The van der Waals surface area contributed by atoms with Gasteiger partial charge in [-0.05, 0) is 55.5 Å². The van der Waals surface area contributed by atoms with Crippen LogP contribution >= 0.6 is 11.8 Å². The Balaban J connectivity index is 2.86. The number of rotatable bonds is 6. The summed E-state index contributed by atoms with van der Waals surface area (Å²) in [5.41, 5.74) is 4.30. The van der Waals surface area contributed by atoms with Crippen molar-refractivity contribution in [3.63, 3.8) is 0 Å². The lowest BCUT2D eigenvalue weighted by Gasteiger charge is -2.21. The largest absolute Gasteiger partial charge is 0.310 e. The molecule has 0 fully saturated rings. The first kappa shape index (κ1) is 13.6. The SMILES string of the molecule is CCNC(CCSC)c1cccc(C)c1C. The molecule has 0 saturated carbocycles. The fraction of sp³-hybridized carbons (Fsp3) is 0.571. The molecule has 0 bridgehead atoms. The summed E-state index contributed by atoms with van der Waals surface area (Å²) in [4.78, 5) is 0. The molecule has 1 N–H and O–H groups in total. The van der Waals surface area contributed by atoms with Gasteiger partial charge in [-0.25, -0.2) is 0 Å². The fourth-order valence-electron chi connectivity index (χ4n) is 2.00. The van der Waals surface area contributed by atoms with E-state index >= 15 is 0 Å². The summed E-state index contributed by atoms with van der Waals surface area (Å²) in [6.07, 6.45) is 3.38. The predicted molar refractivity (Wildman–Crippen MR) is 75.3 cm³/mol. The van der Waals surface area contributed by atoms with Crippen LogP contribution in [0.3, 0.4) is 0 Å². The molecule has 1 unspecified atom stereocenters. The fourth-order valence-corrected chi connectivity index (χ4v) is 2.47. The van der Waals surface area contributed by atoms with E-state index in [-0.39, 0.29) is 0 Å². The molecule has 0 amide bonds. The standard InChI is InChI=1S/C14H23NS/c1-5-15-14(9-10-16-4)13-8-6-7-11(2)12(13)3/h6-8,14-15H,5,9-10H2,1-4H3. The number of hydrogen-bond acceptors (Lipinski definition) is 2. The highest BCUT2D eigenvalue weighted by atomic mass is 32.2. The third-order valence-electron chi connectivity index (χ3n) is 3.08. The molecule has 0 aliphatic carbocycles. The molecule has 0 radical (unpaired) electrons. The van der Waals surface area contributed by atoms with Crippen molar-refractivity contribution in [3.8, 4) is 0 Å². The van der Waals surface area contributed by atoms with Crippen LogP contribution in [0.25, 0.3) is 0 Å². The highest BCUT2D eigenvalue weighted by Crippen LogP contribution is 2.24. The van der Waals surface area contributed by atoms with Gasteiger partial charge in [0.1, 0.15) is 0 Å². The van der Waals surface area contributed by atoms with E-state index in [1.807, 2.05) is 11.8 Å². The van der Waals surface area contributed by atoms with Crippen LogP contribution in [0.1, 0.15) is 36.1 Å². The molecule has 1 aromatic rings. The Labute approximate surface area is 104 Å². The summed E-state index contributed by atoms with van der Waals surface area (Å²) in [5.74, 6) is 1.21. The number of nitrogens with one attached hydrogen (secondary N) is 1. The summed E-state index contributed by atoms with van der Waals surface area (Å²) < 4.78 is 0. The molecule has 1 atom stereocenters. The van der Waals surface area contributed by atoms with Crippen LogP contribution in [-0.2, 0) is 0 Å². The van der Waals surface area contributed by atoms with Gasteiger partial charge in [0.05, 0.1) is 0 Å². The van der Waals surface area contributed by atoms with Crippen LogP contribution in [0.4, 0.5) is 0 Å². The number of thioether (sulfide) groups is 1. The zero-order valence-electron chi connectivity index (χ0n) is 10.8. The molecular weight excluding hydrogens is 214 g/mol. The van der Waals surface area contributed by atoms with E-state index in [1.54, 1.807) is 0 Å². The lowest BCUT2D eigenvalue weighted by Crippen LogP contribution is -2.22. The van der Waals surface area contributed by atoms with Crippen molar-refractivity contribution >= 4 is 11.8 Å². The third kappa shape index (κ3) is 3.53. The van der Waals surface area contributed by atoms with Crippen molar-refractivity contribution in [2.45, 2.75) is 33.2 Å². The molecule has 0 saturated heterocycles. The van der Waals surface area contributed by atoms with Gasteiger partial charge in [0.25, 0.3) is 0 Å². The van der Waals surface area contributed by atoms with Gasteiger partial charge in [0, 0.05) is 6.04 Å². The maximum absolute atomic E-state index is 3.59. The van der Waals surface area contributed by atoms with Crippen molar-refractivity contribution < 1.29 is 0 Å². The predicted octanol–water partition coefficient (Wildman–Crippen LogP) is 3.71. The van der Waals surface area contributed by atoms with Crippen LogP contribution < -0.4 is 5.32 Å². The van der Waals surface area contributed by atoms with Gasteiger partial charge in [-0.2, -0.15) is 11.8 Å². The second kappa shape index (κ2) is 6.97. The number of hydrogen-bond donors (Lipinski definition) is 1. The van der Waals surface area contributed by atoms with E-state index in [9.17, 15) is 0 Å². The first-order valence-electron chi connectivity index (χ1n) is 5.99. The molecule has 16 heavy (non-hydrogen) atoms. The zero-order chi connectivity index (χ0) is 12.0. The van der Waals surface area contributed by atoms with Crippen molar-refractivity contribution in [1.29, 1.82) is 0 Å². The van der Waals surface area contributed by atoms with E-state index < -0.39 is 0 Å². The molecule has 0 aliphatic rings. The average Bonchev–Trinajstić information content (AvgIpc) is 2.28. The quantitative estimate of drug-likeness (QED) is 0.809. The first-order valence-corrected chi connectivity index (χ1v) is 7.38. The van der Waals surface area contributed by atoms with Gasteiger partial charge < -0.3 is 5.32 Å². The van der Waals surface area contributed by atoms with E-state index in [2.05, 4.69) is 50.5 Å². The monoisotopic (exact) mass is 237 g/mol. The molecule has 2 heteroatoms. The Morgan fingerprint density at radius 2 is 2.06 bits per heavy atom. The van der Waals surface area contributed by atoms with Gasteiger partial charge in [-0.1, -0.05) is 25.1 Å². The summed E-state index contributed by atoms with van der Waals surface area (Å²) in [5, 5.41) is 3.59. The van der Waals surface area contributed by atoms with Crippen molar-refractivity contribution in [2.75, 3.05) is 18.6 Å². The van der Waals surface area contributed by atoms with Gasteiger partial charge in [0.2, 0.25) is 0 Å². The van der Waals surface area contributed by atoms with E-state index in [0.29, 0.717) is 6.04 Å². The summed E-state index contributed by atoms with van der Waals surface area (Å²) in [6, 6.07) is 7.13. The van der Waals surface area contributed by atoms with Crippen LogP contribution in [0.5, 0.6) is 0 Å². The lowest BCUT2D eigenvalue weighted by molar-refractivity contribution is 0.538. The lowest BCUT2D eigenvalue weighted by atomic mass is 9.96. The van der Waals surface area contributed by atoms with Gasteiger partial charge in [-0.15, -0.1) is 0 Å². The van der Waals surface area contributed by atoms with Crippen molar-refractivity contribution in [1.82, 2.24) is 5.32 Å². The molecule has 1 aromatic carbocycles. The van der Waals surface area contributed by atoms with Gasteiger partial charge in [-0.3, -0.25) is 0 Å². The normalized spacial score (nSPS) is 12.8. The Kier molecular flexibility index (Phi) is 5.93. The summed E-state index contributed by atoms with van der Waals surface area (Å²) >= 11 is 1.92. The highest BCUT2D eigenvalue weighted by molar-refractivity contribution is 7.98. The molecule has 90 valence electrons. The zero-order valence-corrected chi connectivity index (χ0v) is 11.7. The molecular formula is C14H23NS. The van der Waals surface area contributed by atoms with Crippen molar-refractivity contribution in [2.24, 2.45) is 0 Å². The Morgan fingerprint density at radius 3 is 2.69 bits per heavy atom.